The Bertz CT molecular complexity index is 206. The second-order valence-corrected chi connectivity index (χ2v) is 4.36. The SMILES string of the molecule is N#CCCNC(=O)C1CCCCS1. The van der Waals surface area contributed by atoms with Gasteiger partial charge in [0.25, 0.3) is 0 Å². The molecule has 0 aromatic carbocycles. The Labute approximate surface area is 82.9 Å². The summed E-state index contributed by atoms with van der Waals surface area (Å²) in [6, 6.07) is 2.00. The second-order valence-electron chi connectivity index (χ2n) is 3.05. The van der Waals surface area contributed by atoms with Crippen molar-refractivity contribution in [1.29, 1.82) is 5.26 Å². The number of carbonyl (C=O) groups excluding carboxylic acids is 1. The monoisotopic (exact) mass is 198 g/mol. The lowest BCUT2D eigenvalue weighted by Gasteiger charge is -2.19. The fourth-order valence-electron chi connectivity index (χ4n) is 1.30. The van der Waals surface area contributed by atoms with E-state index in [-0.39, 0.29) is 11.2 Å². The van der Waals surface area contributed by atoms with Gasteiger partial charge in [0.1, 0.15) is 0 Å². The van der Waals surface area contributed by atoms with E-state index in [0.29, 0.717) is 13.0 Å². The minimum Gasteiger partial charge on any atom is -0.354 e. The van der Waals surface area contributed by atoms with E-state index in [1.807, 2.05) is 6.07 Å². The summed E-state index contributed by atoms with van der Waals surface area (Å²) < 4.78 is 0. The fraction of sp³-hybridized carbons (Fsp3) is 0.778. The summed E-state index contributed by atoms with van der Waals surface area (Å²) in [4.78, 5) is 11.4. The molecule has 72 valence electrons. The maximum atomic E-state index is 11.4. The number of nitrogens with zero attached hydrogens (tertiary/aromatic N) is 1. The van der Waals surface area contributed by atoms with Gasteiger partial charge in [-0.25, -0.2) is 0 Å². The van der Waals surface area contributed by atoms with Gasteiger partial charge in [-0.05, 0) is 18.6 Å². The van der Waals surface area contributed by atoms with Crippen LogP contribution in [0, 0.1) is 11.3 Å². The zero-order valence-electron chi connectivity index (χ0n) is 7.58. The van der Waals surface area contributed by atoms with E-state index in [4.69, 9.17) is 5.26 Å². The molecule has 0 aromatic heterocycles. The topological polar surface area (TPSA) is 52.9 Å². The average Bonchev–Trinajstić information content (AvgIpc) is 2.19. The quantitative estimate of drug-likeness (QED) is 0.695. The Balaban J connectivity index is 2.18. The maximum absolute atomic E-state index is 11.4. The Morgan fingerprint density at radius 2 is 2.46 bits per heavy atom. The lowest BCUT2D eigenvalue weighted by atomic mass is 10.2. The number of nitrogens with one attached hydrogen (secondary N) is 1. The van der Waals surface area contributed by atoms with Gasteiger partial charge in [-0.3, -0.25) is 4.79 Å². The molecule has 3 nitrogen and oxygen atoms in total. The van der Waals surface area contributed by atoms with Crippen molar-refractivity contribution in [2.75, 3.05) is 12.3 Å². The van der Waals surface area contributed by atoms with E-state index in [9.17, 15) is 4.79 Å². The zero-order chi connectivity index (χ0) is 9.52. The average molecular weight is 198 g/mol. The Morgan fingerprint density at radius 1 is 1.62 bits per heavy atom. The summed E-state index contributed by atoms with van der Waals surface area (Å²) in [7, 11) is 0. The van der Waals surface area contributed by atoms with E-state index >= 15 is 0 Å². The highest BCUT2D eigenvalue weighted by molar-refractivity contribution is 8.00. The number of carbonyl (C=O) groups is 1. The Hall–Kier alpha value is -0.690. The molecule has 1 aliphatic heterocycles. The number of thioether (sulfide) groups is 1. The molecule has 0 bridgehead atoms. The molecule has 1 atom stereocenters. The molecular weight excluding hydrogens is 184 g/mol. The standard InChI is InChI=1S/C9H14N2OS/c10-5-3-6-11-9(12)8-4-1-2-7-13-8/h8H,1-4,6-7H2,(H,11,12). The lowest BCUT2D eigenvalue weighted by Crippen LogP contribution is -2.34. The number of nitriles is 1. The van der Waals surface area contributed by atoms with Crippen molar-refractivity contribution >= 4 is 17.7 Å². The first-order valence-corrected chi connectivity index (χ1v) is 5.65. The van der Waals surface area contributed by atoms with Gasteiger partial charge >= 0.3 is 0 Å². The van der Waals surface area contributed by atoms with Crippen LogP contribution < -0.4 is 5.32 Å². The van der Waals surface area contributed by atoms with Crippen LogP contribution in [0.2, 0.25) is 0 Å². The highest BCUT2D eigenvalue weighted by Crippen LogP contribution is 2.24. The van der Waals surface area contributed by atoms with E-state index in [1.165, 1.54) is 6.42 Å². The minimum atomic E-state index is 0.111. The summed E-state index contributed by atoms with van der Waals surface area (Å²) in [5, 5.41) is 11.2. The zero-order valence-corrected chi connectivity index (χ0v) is 8.40. The summed E-state index contributed by atoms with van der Waals surface area (Å²) in [5.74, 6) is 1.20. The normalized spacial score (nSPS) is 21.9. The molecule has 13 heavy (non-hydrogen) atoms. The van der Waals surface area contributed by atoms with Crippen molar-refractivity contribution < 1.29 is 4.79 Å². The molecule has 0 radical (unpaired) electrons. The third kappa shape index (κ3) is 3.69. The summed E-state index contributed by atoms with van der Waals surface area (Å²) >= 11 is 1.73. The van der Waals surface area contributed by atoms with Crippen LogP contribution >= 0.6 is 11.8 Å². The number of amides is 1. The van der Waals surface area contributed by atoms with Gasteiger partial charge in [-0.15, -0.1) is 11.8 Å². The van der Waals surface area contributed by atoms with E-state index < -0.39 is 0 Å². The van der Waals surface area contributed by atoms with Crippen LogP contribution in [0.1, 0.15) is 25.7 Å². The predicted octanol–water partition coefficient (Wildman–Crippen LogP) is 1.30. The number of rotatable bonds is 3. The van der Waals surface area contributed by atoms with Crippen molar-refractivity contribution in [3.05, 3.63) is 0 Å². The molecule has 0 saturated carbocycles. The molecule has 0 spiro atoms. The predicted molar refractivity (Wildman–Crippen MR) is 53.3 cm³/mol. The number of hydrogen-bond acceptors (Lipinski definition) is 3. The van der Waals surface area contributed by atoms with Crippen LogP contribution in [0.15, 0.2) is 0 Å². The second kappa shape index (κ2) is 5.87. The van der Waals surface area contributed by atoms with Crippen molar-refractivity contribution in [3.63, 3.8) is 0 Å². The largest absolute Gasteiger partial charge is 0.354 e. The van der Waals surface area contributed by atoms with E-state index in [1.54, 1.807) is 11.8 Å². The van der Waals surface area contributed by atoms with Gasteiger partial charge < -0.3 is 5.32 Å². The van der Waals surface area contributed by atoms with Crippen molar-refractivity contribution in [2.45, 2.75) is 30.9 Å². The van der Waals surface area contributed by atoms with Crippen molar-refractivity contribution in [3.8, 4) is 6.07 Å². The van der Waals surface area contributed by atoms with Crippen molar-refractivity contribution in [2.24, 2.45) is 0 Å². The summed E-state index contributed by atoms with van der Waals surface area (Å²) in [6.45, 7) is 0.492. The molecule has 1 saturated heterocycles. The molecule has 1 amide bonds. The van der Waals surface area contributed by atoms with Crippen molar-refractivity contribution in [1.82, 2.24) is 5.32 Å². The summed E-state index contributed by atoms with van der Waals surface area (Å²) in [5.41, 5.74) is 0. The Morgan fingerprint density at radius 3 is 3.08 bits per heavy atom. The highest BCUT2D eigenvalue weighted by atomic mass is 32.2. The van der Waals surface area contributed by atoms with Crippen LogP contribution in [0.4, 0.5) is 0 Å². The van der Waals surface area contributed by atoms with Gasteiger partial charge in [0.15, 0.2) is 0 Å². The van der Waals surface area contributed by atoms with Gasteiger partial charge in [-0.1, -0.05) is 6.42 Å². The maximum Gasteiger partial charge on any atom is 0.233 e. The first kappa shape index (κ1) is 10.4. The van der Waals surface area contributed by atoms with Crippen LogP contribution in [0.5, 0.6) is 0 Å². The first-order chi connectivity index (χ1) is 6.34. The van der Waals surface area contributed by atoms with Crippen LogP contribution in [-0.4, -0.2) is 23.5 Å². The van der Waals surface area contributed by atoms with E-state index in [0.717, 1.165) is 18.6 Å². The molecule has 1 fully saturated rings. The third-order valence-electron chi connectivity index (χ3n) is 2.01. The molecule has 1 rings (SSSR count). The lowest BCUT2D eigenvalue weighted by molar-refractivity contribution is -0.120. The molecule has 1 unspecified atom stereocenters. The first-order valence-electron chi connectivity index (χ1n) is 4.61. The van der Waals surface area contributed by atoms with E-state index in [2.05, 4.69) is 5.32 Å². The molecular formula is C9H14N2OS. The highest BCUT2D eigenvalue weighted by Gasteiger charge is 2.20. The third-order valence-corrected chi connectivity index (χ3v) is 3.38. The minimum absolute atomic E-state index is 0.111. The molecule has 0 aromatic rings. The summed E-state index contributed by atoms with van der Waals surface area (Å²) in [6.07, 6.45) is 3.78. The van der Waals surface area contributed by atoms with Gasteiger partial charge in [0.2, 0.25) is 5.91 Å². The number of hydrogen-bond donors (Lipinski definition) is 1. The van der Waals surface area contributed by atoms with Crippen LogP contribution in [0.3, 0.4) is 0 Å². The van der Waals surface area contributed by atoms with Gasteiger partial charge in [0, 0.05) is 6.54 Å². The van der Waals surface area contributed by atoms with Crippen LogP contribution in [-0.2, 0) is 4.79 Å². The van der Waals surface area contributed by atoms with Crippen LogP contribution in [0.25, 0.3) is 0 Å². The molecule has 0 aliphatic carbocycles. The smallest absolute Gasteiger partial charge is 0.233 e. The van der Waals surface area contributed by atoms with Gasteiger partial charge in [-0.2, -0.15) is 5.26 Å². The molecule has 1 N–H and O–H groups in total. The van der Waals surface area contributed by atoms with Gasteiger partial charge in [0.05, 0.1) is 17.7 Å². The fourth-order valence-corrected chi connectivity index (χ4v) is 2.53. The molecule has 1 aliphatic rings. The molecule has 4 heteroatoms. The molecule has 1 heterocycles. The Kier molecular flexibility index (Phi) is 4.69.